The van der Waals surface area contributed by atoms with Gasteiger partial charge in [-0.2, -0.15) is 13.2 Å². The van der Waals surface area contributed by atoms with E-state index in [1.54, 1.807) is 6.07 Å². The van der Waals surface area contributed by atoms with Gasteiger partial charge in [0.25, 0.3) is 0 Å². The van der Waals surface area contributed by atoms with Crippen LogP contribution < -0.4 is 5.32 Å². The zero-order valence-corrected chi connectivity index (χ0v) is 16.0. The lowest BCUT2D eigenvalue weighted by molar-refractivity contribution is -0.140. The first-order valence-corrected chi connectivity index (χ1v) is 9.58. The Balaban J connectivity index is 0.00000210. The van der Waals surface area contributed by atoms with Crippen molar-refractivity contribution in [1.82, 2.24) is 10.2 Å². The first kappa shape index (κ1) is 20.5. The van der Waals surface area contributed by atoms with Crippen LogP contribution in [0.1, 0.15) is 43.2 Å². The molecule has 2 aliphatic heterocycles. The van der Waals surface area contributed by atoms with Crippen LogP contribution in [-0.2, 0) is 16.4 Å². The Morgan fingerprint density at radius 1 is 1.07 bits per heavy atom. The number of benzene rings is 1. The van der Waals surface area contributed by atoms with Gasteiger partial charge in [-0.1, -0.05) is 37.5 Å². The Hall–Kier alpha value is -1.27. The highest BCUT2D eigenvalue weighted by Crippen LogP contribution is 2.44. The average Bonchev–Trinajstić information content (AvgIpc) is 3.23. The van der Waals surface area contributed by atoms with Gasteiger partial charge in [-0.05, 0) is 36.3 Å². The van der Waals surface area contributed by atoms with Crippen LogP contribution in [0.2, 0.25) is 0 Å². The SMILES string of the molecule is Cl.O=C(N1C[C@H]2CNC[C@H]2C1)C1(c2cccc(C(F)(F)F)c2)CCCCC1. The van der Waals surface area contributed by atoms with Crippen molar-refractivity contribution in [2.75, 3.05) is 26.2 Å². The maximum atomic E-state index is 13.5. The Kier molecular flexibility index (Phi) is 5.78. The molecule has 7 heteroatoms. The molecular formula is C20H26ClF3N2O. The van der Waals surface area contributed by atoms with Gasteiger partial charge in [-0.15, -0.1) is 12.4 Å². The van der Waals surface area contributed by atoms with Gasteiger partial charge in [0.15, 0.2) is 0 Å². The molecule has 27 heavy (non-hydrogen) atoms. The zero-order valence-electron chi connectivity index (χ0n) is 15.2. The van der Waals surface area contributed by atoms with E-state index in [1.807, 2.05) is 4.90 Å². The molecule has 1 N–H and O–H groups in total. The number of alkyl halides is 3. The third-order valence-electron chi connectivity index (χ3n) is 6.54. The van der Waals surface area contributed by atoms with Crippen LogP contribution in [0.25, 0.3) is 0 Å². The largest absolute Gasteiger partial charge is 0.416 e. The van der Waals surface area contributed by atoms with Crippen molar-refractivity contribution in [3.63, 3.8) is 0 Å². The number of carbonyl (C=O) groups is 1. The van der Waals surface area contributed by atoms with Crippen molar-refractivity contribution in [3.05, 3.63) is 35.4 Å². The van der Waals surface area contributed by atoms with Crippen molar-refractivity contribution in [1.29, 1.82) is 0 Å². The first-order chi connectivity index (χ1) is 12.4. The quantitative estimate of drug-likeness (QED) is 0.810. The number of halogens is 4. The fourth-order valence-corrected chi connectivity index (χ4v) is 5.10. The minimum Gasteiger partial charge on any atom is -0.341 e. The van der Waals surface area contributed by atoms with Gasteiger partial charge in [-0.25, -0.2) is 0 Å². The summed E-state index contributed by atoms with van der Waals surface area (Å²) in [7, 11) is 0. The van der Waals surface area contributed by atoms with Gasteiger partial charge in [-0.3, -0.25) is 4.79 Å². The zero-order chi connectivity index (χ0) is 18.4. The molecule has 150 valence electrons. The monoisotopic (exact) mass is 402 g/mol. The van der Waals surface area contributed by atoms with Crippen LogP contribution in [0.15, 0.2) is 24.3 Å². The highest BCUT2D eigenvalue weighted by atomic mass is 35.5. The molecule has 0 spiro atoms. The summed E-state index contributed by atoms with van der Waals surface area (Å²) in [5.41, 5.74) is -0.895. The lowest BCUT2D eigenvalue weighted by Crippen LogP contribution is -2.48. The summed E-state index contributed by atoms with van der Waals surface area (Å²) >= 11 is 0. The summed E-state index contributed by atoms with van der Waals surface area (Å²) in [6.07, 6.45) is -0.253. The van der Waals surface area contributed by atoms with Crippen LogP contribution in [0.5, 0.6) is 0 Å². The van der Waals surface area contributed by atoms with Crippen LogP contribution in [0.3, 0.4) is 0 Å². The molecule has 1 amide bonds. The molecule has 0 bridgehead atoms. The highest BCUT2D eigenvalue weighted by molar-refractivity contribution is 5.89. The molecule has 1 aromatic rings. The standard InChI is InChI=1S/C20H25F3N2O.ClH/c21-20(22,23)17-6-4-5-16(9-17)19(7-2-1-3-8-19)18(26)25-12-14-10-24-11-15(14)13-25;/h4-6,9,14-15,24H,1-3,7-8,10-13H2;1H/t14-,15+;. The predicted octanol–water partition coefficient (Wildman–Crippen LogP) is 4.01. The average molecular weight is 403 g/mol. The summed E-state index contributed by atoms with van der Waals surface area (Å²) in [5, 5.41) is 3.37. The molecule has 3 nitrogen and oxygen atoms in total. The normalized spacial score (nSPS) is 27.1. The van der Waals surface area contributed by atoms with Crippen molar-refractivity contribution in [3.8, 4) is 0 Å². The lowest BCUT2D eigenvalue weighted by atomic mass is 9.68. The van der Waals surface area contributed by atoms with Crippen LogP contribution in [0, 0.1) is 11.8 Å². The van der Waals surface area contributed by atoms with Crippen molar-refractivity contribution < 1.29 is 18.0 Å². The van der Waals surface area contributed by atoms with Gasteiger partial charge in [0.05, 0.1) is 11.0 Å². The van der Waals surface area contributed by atoms with E-state index >= 15 is 0 Å². The van der Waals surface area contributed by atoms with Gasteiger partial charge in [0.2, 0.25) is 5.91 Å². The van der Waals surface area contributed by atoms with Crippen molar-refractivity contribution >= 4 is 18.3 Å². The fraction of sp³-hybridized carbons (Fsp3) is 0.650. The summed E-state index contributed by atoms with van der Waals surface area (Å²) in [4.78, 5) is 15.5. The fourth-order valence-electron chi connectivity index (χ4n) is 5.10. The van der Waals surface area contributed by atoms with E-state index in [1.165, 1.54) is 12.1 Å². The molecule has 3 fully saturated rings. The molecule has 1 aromatic carbocycles. The van der Waals surface area contributed by atoms with Gasteiger partial charge < -0.3 is 10.2 Å². The second kappa shape index (κ2) is 7.63. The number of nitrogens with zero attached hydrogens (tertiary/aromatic N) is 1. The third-order valence-corrected chi connectivity index (χ3v) is 6.54. The second-order valence-electron chi connectivity index (χ2n) is 8.11. The Bertz CT molecular complexity index is 676. The van der Waals surface area contributed by atoms with Crippen LogP contribution >= 0.6 is 12.4 Å². The van der Waals surface area contributed by atoms with Gasteiger partial charge >= 0.3 is 6.18 Å². The Labute approximate surface area is 164 Å². The number of likely N-dealkylation sites (tertiary alicyclic amines) is 1. The van der Waals surface area contributed by atoms with Crippen LogP contribution in [-0.4, -0.2) is 37.0 Å². The molecule has 0 unspecified atom stereocenters. The molecule has 0 radical (unpaired) electrons. The minimum atomic E-state index is -4.38. The second-order valence-corrected chi connectivity index (χ2v) is 8.11. The Morgan fingerprint density at radius 2 is 1.70 bits per heavy atom. The molecule has 0 aromatic heterocycles. The molecule has 2 saturated heterocycles. The van der Waals surface area contributed by atoms with E-state index in [2.05, 4.69) is 5.32 Å². The predicted molar refractivity (Wildman–Crippen MR) is 99.9 cm³/mol. The Morgan fingerprint density at radius 3 is 2.30 bits per heavy atom. The summed E-state index contributed by atoms with van der Waals surface area (Å²) in [5.74, 6) is 1.02. The van der Waals surface area contributed by atoms with E-state index in [4.69, 9.17) is 0 Å². The molecule has 2 atom stereocenters. The summed E-state index contributed by atoms with van der Waals surface area (Å²) in [6, 6.07) is 5.47. The number of hydrogen-bond acceptors (Lipinski definition) is 2. The summed E-state index contributed by atoms with van der Waals surface area (Å²) < 4.78 is 39.6. The maximum absolute atomic E-state index is 13.5. The van der Waals surface area contributed by atoms with Crippen LogP contribution in [0.4, 0.5) is 13.2 Å². The molecule has 4 rings (SSSR count). The lowest BCUT2D eigenvalue weighted by Gasteiger charge is -2.39. The molecular weight excluding hydrogens is 377 g/mol. The molecule has 3 aliphatic rings. The van der Waals surface area contributed by atoms with Gasteiger partial charge in [0, 0.05) is 26.2 Å². The van der Waals surface area contributed by atoms with E-state index in [0.29, 0.717) is 30.2 Å². The topological polar surface area (TPSA) is 32.3 Å². The van der Waals surface area contributed by atoms with E-state index in [0.717, 1.165) is 51.5 Å². The highest BCUT2D eigenvalue weighted by Gasteiger charge is 2.48. The van der Waals surface area contributed by atoms with Crippen molar-refractivity contribution in [2.45, 2.75) is 43.7 Å². The third kappa shape index (κ3) is 3.70. The summed E-state index contributed by atoms with van der Waals surface area (Å²) in [6.45, 7) is 3.34. The number of amides is 1. The first-order valence-electron chi connectivity index (χ1n) is 9.58. The number of nitrogens with one attached hydrogen (secondary N) is 1. The molecule has 2 heterocycles. The van der Waals surface area contributed by atoms with E-state index < -0.39 is 17.2 Å². The number of fused-ring (bicyclic) bond motifs is 1. The maximum Gasteiger partial charge on any atom is 0.416 e. The van der Waals surface area contributed by atoms with E-state index in [9.17, 15) is 18.0 Å². The molecule has 1 aliphatic carbocycles. The molecule has 1 saturated carbocycles. The van der Waals surface area contributed by atoms with Gasteiger partial charge in [0.1, 0.15) is 0 Å². The minimum absolute atomic E-state index is 0. The number of carbonyl (C=O) groups excluding carboxylic acids is 1. The number of rotatable bonds is 2. The smallest absolute Gasteiger partial charge is 0.341 e. The number of hydrogen-bond donors (Lipinski definition) is 1. The van der Waals surface area contributed by atoms with Crippen molar-refractivity contribution in [2.24, 2.45) is 11.8 Å². The van der Waals surface area contributed by atoms with E-state index in [-0.39, 0.29) is 18.3 Å².